The zero-order valence-electron chi connectivity index (χ0n) is 10.3. The van der Waals surface area contributed by atoms with E-state index in [9.17, 15) is 9.90 Å². The van der Waals surface area contributed by atoms with Gasteiger partial charge in [0.05, 0.1) is 18.8 Å². The summed E-state index contributed by atoms with van der Waals surface area (Å²) in [5, 5.41) is 26.0. The molecule has 0 fully saturated rings. The Balaban J connectivity index is 1.75. The minimum Gasteiger partial charge on any atom is -0.476 e. The maximum Gasteiger partial charge on any atom is 0.358 e. The van der Waals surface area contributed by atoms with Crippen LogP contribution in [0.3, 0.4) is 0 Å². The van der Waals surface area contributed by atoms with Gasteiger partial charge in [-0.1, -0.05) is 11.3 Å². The highest BCUT2D eigenvalue weighted by Gasteiger charge is 2.18. The molecule has 0 bridgehead atoms. The SMILES string of the molecule is O=C(O)c1cn(CC(O)c2ccc3c(c2)OCO3)nn1. The van der Waals surface area contributed by atoms with Crippen molar-refractivity contribution in [1.82, 2.24) is 15.0 Å². The number of benzene rings is 1. The second-order valence-corrected chi connectivity index (χ2v) is 4.26. The number of aromatic carboxylic acids is 1. The smallest absolute Gasteiger partial charge is 0.358 e. The van der Waals surface area contributed by atoms with Crippen molar-refractivity contribution in [2.24, 2.45) is 0 Å². The zero-order chi connectivity index (χ0) is 14.1. The molecule has 0 spiro atoms. The monoisotopic (exact) mass is 277 g/mol. The standard InChI is InChI=1S/C12H11N3O5/c16-9(5-15-4-8(12(17)18)13-14-15)7-1-2-10-11(3-7)20-6-19-10/h1-4,9,16H,5-6H2,(H,17,18). The minimum absolute atomic E-state index is 0.0971. The first kappa shape index (κ1) is 12.4. The summed E-state index contributed by atoms with van der Waals surface area (Å²) in [7, 11) is 0. The summed E-state index contributed by atoms with van der Waals surface area (Å²) in [6.45, 7) is 0.264. The third-order valence-electron chi connectivity index (χ3n) is 2.90. The highest BCUT2D eigenvalue weighted by molar-refractivity contribution is 5.84. The quantitative estimate of drug-likeness (QED) is 0.834. The second kappa shape index (κ2) is 4.82. The van der Waals surface area contributed by atoms with Crippen molar-refractivity contribution < 1.29 is 24.5 Å². The third kappa shape index (κ3) is 2.28. The fraction of sp³-hybridized carbons (Fsp3) is 0.250. The number of fused-ring (bicyclic) bond motifs is 1. The molecule has 1 aliphatic heterocycles. The maximum atomic E-state index is 10.7. The summed E-state index contributed by atoms with van der Waals surface area (Å²) < 4.78 is 11.7. The van der Waals surface area contributed by atoms with E-state index in [1.165, 1.54) is 10.9 Å². The molecule has 1 unspecified atom stereocenters. The van der Waals surface area contributed by atoms with Gasteiger partial charge in [0, 0.05) is 0 Å². The van der Waals surface area contributed by atoms with Crippen LogP contribution in [0.25, 0.3) is 0 Å². The van der Waals surface area contributed by atoms with E-state index in [1.807, 2.05) is 0 Å². The predicted molar refractivity (Wildman–Crippen MR) is 64.5 cm³/mol. The molecule has 0 saturated carbocycles. The highest BCUT2D eigenvalue weighted by Crippen LogP contribution is 2.34. The number of carboxylic acid groups (broad SMARTS) is 1. The first-order chi connectivity index (χ1) is 9.63. The predicted octanol–water partition coefficient (Wildman–Crippen LogP) is 0.439. The van der Waals surface area contributed by atoms with Crippen LogP contribution in [0.15, 0.2) is 24.4 Å². The first-order valence-corrected chi connectivity index (χ1v) is 5.84. The molecule has 3 rings (SSSR count). The average molecular weight is 277 g/mol. The molecule has 2 heterocycles. The van der Waals surface area contributed by atoms with Gasteiger partial charge in [0.1, 0.15) is 0 Å². The van der Waals surface area contributed by atoms with Gasteiger partial charge in [-0.25, -0.2) is 9.48 Å². The van der Waals surface area contributed by atoms with Crippen molar-refractivity contribution in [3.63, 3.8) is 0 Å². The van der Waals surface area contributed by atoms with Gasteiger partial charge >= 0.3 is 5.97 Å². The van der Waals surface area contributed by atoms with Crippen molar-refractivity contribution >= 4 is 5.97 Å². The number of rotatable bonds is 4. The number of nitrogens with zero attached hydrogens (tertiary/aromatic N) is 3. The molecule has 8 nitrogen and oxygen atoms in total. The van der Waals surface area contributed by atoms with Crippen LogP contribution in [-0.2, 0) is 6.54 Å². The molecule has 1 aromatic heterocycles. The highest BCUT2D eigenvalue weighted by atomic mass is 16.7. The van der Waals surface area contributed by atoms with Gasteiger partial charge in [-0.05, 0) is 17.7 Å². The Labute approximate surface area is 113 Å². The van der Waals surface area contributed by atoms with Crippen molar-refractivity contribution in [2.75, 3.05) is 6.79 Å². The molecule has 0 radical (unpaired) electrons. The van der Waals surface area contributed by atoms with Crippen LogP contribution in [0, 0.1) is 0 Å². The number of carbonyl (C=O) groups is 1. The molecule has 2 aromatic rings. The molecule has 1 aliphatic rings. The normalized spacial score (nSPS) is 14.2. The molecular formula is C12H11N3O5. The fourth-order valence-corrected chi connectivity index (χ4v) is 1.89. The van der Waals surface area contributed by atoms with Crippen molar-refractivity contribution in [1.29, 1.82) is 0 Å². The van der Waals surface area contributed by atoms with E-state index in [0.717, 1.165) is 0 Å². The lowest BCUT2D eigenvalue weighted by atomic mass is 10.1. The van der Waals surface area contributed by atoms with E-state index in [-0.39, 0.29) is 19.0 Å². The molecule has 8 heteroatoms. The molecule has 104 valence electrons. The molecule has 1 aromatic carbocycles. The van der Waals surface area contributed by atoms with E-state index in [2.05, 4.69) is 10.3 Å². The first-order valence-electron chi connectivity index (χ1n) is 5.84. The topological polar surface area (TPSA) is 107 Å². The van der Waals surface area contributed by atoms with Crippen LogP contribution in [0.2, 0.25) is 0 Å². The summed E-state index contributed by atoms with van der Waals surface area (Å²) in [6.07, 6.45) is 0.409. The maximum absolute atomic E-state index is 10.7. The number of aliphatic hydroxyl groups excluding tert-OH is 1. The fourth-order valence-electron chi connectivity index (χ4n) is 1.89. The van der Waals surface area contributed by atoms with Gasteiger partial charge in [0.2, 0.25) is 6.79 Å². The zero-order valence-corrected chi connectivity index (χ0v) is 10.3. The van der Waals surface area contributed by atoms with Crippen LogP contribution < -0.4 is 9.47 Å². The van der Waals surface area contributed by atoms with Crippen molar-refractivity contribution in [2.45, 2.75) is 12.6 Å². The molecule has 1 atom stereocenters. The summed E-state index contributed by atoms with van der Waals surface area (Å²) in [6, 6.07) is 5.11. The van der Waals surface area contributed by atoms with E-state index in [1.54, 1.807) is 18.2 Å². The third-order valence-corrected chi connectivity index (χ3v) is 2.90. The lowest BCUT2D eigenvalue weighted by Crippen LogP contribution is -2.09. The summed E-state index contributed by atoms with van der Waals surface area (Å²) in [5.41, 5.74) is 0.463. The Morgan fingerprint density at radius 2 is 2.20 bits per heavy atom. The minimum atomic E-state index is -1.16. The Hall–Kier alpha value is -2.61. The van der Waals surface area contributed by atoms with Gasteiger partial charge in [0.15, 0.2) is 17.2 Å². The van der Waals surface area contributed by atoms with Gasteiger partial charge in [-0.3, -0.25) is 0 Å². The van der Waals surface area contributed by atoms with E-state index >= 15 is 0 Å². The van der Waals surface area contributed by atoms with Gasteiger partial charge in [0.25, 0.3) is 0 Å². The van der Waals surface area contributed by atoms with E-state index in [0.29, 0.717) is 17.1 Å². The largest absolute Gasteiger partial charge is 0.476 e. The number of hydrogen-bond acceptors (Lipinski definition) is 6. The second-order valence-electron chi connectivity index (χ2n) is 4.26. The van der Waals surface area contributed by atoms with Crippen molar-refractivity contribution in [3.05, 3.63) is 35.7 Å². The van der Waals surface area contributed by atoms with Crippen LogP contribution >= 0.6 is 0 Å². The summed E-state index contributed by atoms with van der Waals surface area (Å²) in [4.78, 5) is 10.7. The van der Waals surface area contributed by atoms with Gasteiger partial charge in [-0.2, -0.15) is 0 Å². The van der Waals surface area contributed by atoms with Gasteiger partial charge in [-0.15, -0.1) is 5.10 Å². The number of carboxylic acids is 1. The summed E-state index contributed by atoms with van der Waals surface area (Å²) >= 11 is 0. The van der Waals surface area contributed by atoms with Crippen LogP contribution in [0.5, 0.6) is 11.5 Å². The number of aromatic nitrogens is 3. The lowest BCUT2D eigenvalue weighted by Gasteiger charge is -2.11. The number of aliphatic hydroxyl groups is 1. The van der Waals surface area contributed by atoms with Crippen LogP contribution in [0.4, 0.5) is 0 Å². The van der Waals surface area contributed by atoms with Gasteiger partial charge < -0.3 is 19.7 Å². The molecule has 0 aliphatic carbocycles. The Morgan fingerprint density at radius 3 is 2.95 bits per heavy atom. The Kier molecular flexibility index (Phi) is 2.99. The molecule has 0 amide bonds. The Morgan fingerprint density at radius 1 is 1.40 bits per heavy atom. The molecular weight excluding hydrogens is 266 g/mol. The van der Waals surface area contributed by atoms with Crippen molar-refractivity contribution in [3.8, 4) is 11.5 Å². The Bertz CT molecular complexity index is 654. The molecule has 0 saturated heterocycles. The number of hydrogen-bond donors (Lipinski definition) is 2. The molecule has 20 heavy (non-hydrogen) atoms. The van der Waals surface area contributed by atoms with Crippen LogP contribution in [0.1, 0.15) is 22.2 Å². The molecule has 2 N–H and O–H groups in total. The summed E-state index contributed by atoms with van der Waals surface area (Å²) in [5.74, 6) is 0.0510. The number of ether oxygens (including phenoxy) is 2. The van der Waals surface area contributed by atoms with E-state index in [4.69, 9.17) is 14.6 Å². The lowest BCUT2D eigenvalue weighted by molar-refractivity contribution is 0.0690. The van der Waals surface area contributed by atoms with Crippen LogP contribution in [-0.4, -0.2) is 38.0 Å². The van der Waals surface area contributed by atoms with E-state index < -0.39 is 12.1 Å². The average Bonchev–Trinajstić information content (AvgIpc) is 3.05.